The molecule has 25 heavy (non-hydrogen) atoms. The van der Waals surface area contributed by atoms with Crippen molar-refractivity contribution in [2.24, 2.45) is 0 Å². The molecular weight excluding hydrogens is 340 g/mol. The van der Waals surface area contributed by atoms with E-state index in [9.17, 15) is 15.4 Å². The number of nitrogen functional groups attached to an aromatic ring is 1. The Morgan fingerprint density at radius 2 is 1.80 bits per heavy atom. The van der Waals surface area contributed by atoms with Crippen LogP contribution in [-0.4, -0.2) is 9.91 Å². The summed E-state index contributed by atoms with van der Waals surface area (Å²) in [6.07, 6.45) is 0. The molecule has 0 unspecified atom stereocenters. The van der Waals surface area contributed by atoms with Gasteiger partial charge in [-0.05, 0) is 29.8 Å². The van der Waals surface area contributed by atoms with Crippen LogP contribution >= 0.6 is 11.6 Å². The van der Waals surface area contributed by atoms with Gasteiger partial charge in [0.15, 0.2) is 0 Å². The van der Waals surface area contributed by atoms with Crippen LogP contribution in [0.5, 0.6) is 0 Å². The second kappa shape index (κ2) is 6.59. The molecule has 0 bridgehead atoms. The molecule has 0 saturated heterocycles. The monoisotopic (exact) mass is 350 g/mol. The smallest absolute Gasteiger partial charge is 0.269 e. The lowest BCUT2D eigenvalue weighted by atomic mass is 9.98. The predicted molar refractivity (Wildman–Crippen MR) is 95.9 cm³/mol. The first-order chi connectivity index (χ1) is 12.0. The lowest BCUT2D eigenvalue weighted by Gasteiger charge is -2.11. The van der Waals surface area contributed by atoms with E-state index >= 15 is 0 Å². The Kier molecular flexibility index (Phi) is 4.33. The van der Waals surface area contributed by atoms with Crippen molar-refractivity contribution < 1.29 is 4.92 Å². The van der Waals surface area contributed by atoms with Crippen molar-refractivity contribution >= 4 is 23.1 Å². The van der Waals surface area contributed by atoms with Gasteiger partial charge < -0.3 is 5.73 Å². The predicted octanol–water partition coefficient (Wildman–Crippen LogP) is 4.43. The van der Waals surface area contributed by atoms with E-state index in [0.717, 1.165) is 0 Å². The average Bonchev–Trinajstić information content (AvgIpc) is 2.61. The van der Waals surface area contributed by atoms with E-state index < -0.39 is 4.92 Å². The Bertz CT molecular complexity index is 1010. The largest absolute Gasteiger partial charge is 0.383 e. The lowest BCUT2D eigenvalue weighted by molar-refractivity contribution is -0.384. The topological polar surface area (TPSA) is 106 Å². The van der Waals surface area contributed by atoms with Crippen LogP contribution in [0.25, 0.3) is 22.4 Å². The molecule has 0 aliphatic carbocycles. The summed E-state index contributed by atoms with van der Waals surface area (Å²) in [5.41, 5.74) is 8.51. The number of nitrogens with two attached hydrogens (primary N) is 1. The number of anilines is 1. The number of hydrogen-bond acceptors (Lipinski definition) is 5. The van der Waals surface area contributed by atoms with Crippen LogP contribution in [0.1, 0.15) is 5.56 Å². The van der Waals surface area contributed by atoms with Crippen LogP contribution in [0.15, 0.2) is 54.6 Å². The third-order valence-corrected chi connectivity index (χ3v) is 4.03. The van der Waals surface area contributed by atoms with E-state index in [-0.39, 0.29) is 17.1 Å². The zero-order chi connectivity index (χ0) is 18.0. The molecule has 0 saturated carbocycles. The highest BCUT2D eigenvalue weighted by Gasteiger charge is 2.15. The molecule has 0 radical (unpaired) electrons. The van der Waals surface area contributed by atoms with Crippen LogP contribution < -0.4 is 5.73 Å². The number of nitro groups is 1. The number of benzene rings is 2. The van der Waals surface area contributed by atoms with E-state index in [1.54, 1.807) is 36.4 Å². The molecule has 3 rings (SSSR count). The van der Waals surface area contributed by atoms with Crippen LogP contribution in [0.3, 0.4) is 0 Å². The summed E-state index contributed by atoms with van der Waals surface area (Å²) in [5, 5.41) is 20.7. The first-order valence-corrected chi connectivity index (χ1v) is 7.59. The highest BCUT2D eigenvalue weighted by atomic mass is 35.5. The van der Waals surface area contributed by atoms with Gasteiger partial charge in [0.1, 0.15) is 17.5 Å². The number of pyridine rings is 1. The first-order valence-electron chi connectivity index (χ1n) is 7.21. The van der Waals surface area contributed by atoms with Gasteiger partial charge >= 0.3 is 0 Å². The number of nitriles is 1. The van der Waals surface area contributed by atoms with Gasteiger partial charge in [0.05, 0.1) is 10.6 Å². The summed E-state index contributed by atoms with van der Waals surface area (Å²) in [6, 6.07) is 16.8. The molecule has 6 nitrogen and oxygen atoms in total. The molecule has 0 spiro atoms. The van der Waals surface area contributed by atoms with Gasteiger partial charge in [-0.25, -0.2) is 4.98 Å². The first kappa shape index (κ1) is 16.4. The zero-order valence-corrected chi connectivity index (χ0v) is 13.6. The van der Waals surface area contributed by atoms with E-state index in [1.807, 2.05) is 12.1 Å². The molecule has 7 heteroatoms. The van der Waals surface area contributed by atoms with Crippen molar-refractivity contribution in [3.63, 3.8) is 0 Å². The van der Waals surface area contributed by atoms with E-state index in [2.05, 4.69) is 4.98 Å². The number of hydrogen-bond donors (Lipinski definition) is 1. The minimum absolute atomic E-state index is 0.0318. The summed E-state index contributed by atoms with van der Waals surface area (Å²) >= 11 is 6.22. The summed E-state index contributed by atoms with van der Waals surface area (Å²) in [4.78, 5) is 14.6. The number of rotatable bonds is 3. The van der Waals surface area contributed by atoms with Crippen LogP contribution in [-0.2, 0) is 0 Å². The van der Waals surface area contributed by atoms with Gasteiger partial charge in [-0.1, -0.05) is 29.8 Å². The molecule has 122 valence electrons. The minimum Gasteiger partial charge on any atom is -0.383 e. The SMILES string of the molecule is N#Cc1c(-c2ccc([N+](=O)[O-])cc2)cc(-c2ccccc2Cl)nc1N. The van der Waals surface area contributed by atoms with Crippen LogP contribution in [0.4, 0.5) is 11.5 Å². The van der Waals surface area contributed by atoms with E-state index in [0.29, 0.717) is 27.4 Å². The van der Waals surface area contributed by atoms with E-state index in [4.69, 9.17) is 17.3 Å². The number of halogens is 1. The van der Waals surface area contributed by atoms with Gasteiger partial charge in [0.2, 0.25) is 0 Å². The summed E-state index contributed by atoms with van der Waals surface area (Å²) < 4.78 is 0. The third kappa shape index (κ3) is 3.13. The summed E-state index contributed by atoms with van der Waals surface area (Å²) in [5.74, 6) is 0.0771. The molecule has 0 atom stereocenters. The molecule has 3 aromatic rings. The fourth-order valence-corrected chi connectivity index (χ4v) is 2.71. The van der Waals surface area contributed by atoms with Gasteiger partial charge in [0.25, 0.3) is 5.69 Å². The fourth-order valence-electron chi connectivity index (χ4n) is 2.48. The summed E-state index contributed by atoms with van der Waals surface area (Å²) in [6.45, 7) is 0. The Hall–Kier alpha value is -3.43. The summed E-state index contributed by atoms with van der Waals surface area (Å²) in [7, 11) is 0. The Labute approximate surface area is 148 Å². The number of non-ortho nitro benzene ring substituents is 1. The average molecular weight is 351 g/mol. The maximum Gasteiger partial charge on any atom is 0.269 e. The Morgan fingerprint density at radius 1 is 1.12 bits per heavy atom. The zero-order valence-electron chi connectivity index (χ0n) is 12.8. The molecule has 1 aromatic heterocycles. The second-order valence-electron chi connectivity index (χ2n) is 5.21. The van der Waals surface area contributed by atoms with Crippen molar-refractivity contribution in [3.8, 4) is 28.5 Å². The number of nitro benzene ring substituents is 1. The maximum atomic E-state index is 10.8. The van der Waals surface area contributed by atoms with Gasteiger partial charge in [0, 0.05) is 28.3 Å². The molecule has 2 N–H and O–H groups in total. The highest BCUT2D eigenvalue weighted by Crippen LogP contribution is 2.34. The molecule has 0 aliphatic rings. The highest BCUT2D eigenvalue weighted by molar-refractivity contribution is 6.33. The number of aromatic nitrogens is 1. The standard InChI is InChI=1S/C18H11ClN4O2/c19-16-4-2-1-3-13(16)17-9-14(15(10-20)18(21)22-17)11-5-7-12(8-6-11)23(24)25/h1-9H,(H2,21,22). The van der Waals surface area contributed by atoms with Crippen molar-refractivity contribution in [2.45, 2.75) is 0 Å². The van der Waals surface area contributed by atoms with Gasteiger partial charge in [-0.15, -0.1) is 0 Å². The molecular formula is C18H11ClN4O2. The molecule has 2 aromatic carbocycles. The van der Waals surface area contributed by atoms with Crippen molar-refractivity contribution in [1.82, 2.24) is 4.98 Å². The minimum atomic E-state index is -0.481. The van der Waals surface area contributed by atoms with Crippen molar-refractivity contribution in [2.75, 3.05) is 5.73 Å². The van der Waals surface area contributed by atoms with Crippen LogP contribution in [0, 0.1) is 21.4 Å². The molecule has 0 amide bonds. The molecule has 1 heterocycles. The van der Waals surface area contributed by atoms with Gasteiger partial charge in [-0.2, -0.15) is 5.26 Å². The van der Waals surface area contributed by atoms with E-state index in [1.165, 1.54) is 12.1 Å². The normalized spacial score (nSPS) is 10.2. The second-order valence-corrected chi connectivity index (χ2v) is 5.62. The quantitative estimate of drug-likeness (QED) is 0.555. The third-order valence-electron chi connectivity index (χ3n) is 3.70. The molecule has 0 fully saturated rings. The Morgan fingerprint density at radius 3 is 2.40 bits per heavy atom. The Balaban J connectivity index is 2.20. The molecule has 0 aliphatic heterocycles. The number of nitrogens with zero attached hydrogens (tertiary/aromatic N) is 3. The fraction of sp³-hybridized carbons (Fsp3) is 0. The van der Waals surface area contributed by atoms with Crippen LogP contribution in [0.2, 0.25) is 5.02 Å². The lowest BCUT2D eigenvalue weighted by Crippen LogP contribution is -2.00. The van der Waals surface area contributed by atoms with Crippen molar-refractivity contribution in [1.29, 1.82) is 5.26 Å². The van der Waals surface area contributed by atoms with Gasteiger partial charge in [-0.3, -0.25) is 10.1 Å². The maximum absolute atomic E-state index is 10.8. The van der Waals surface area contributed by atoms with Crippen molar-refractivity contribution in [3.05, 3.63) is 75.3 Å².